The third-order valence-electron chi connectivity index (χ3n) is 3.55. The molecular formula is C13H23NO3. The molecule has 0 aliphatic heterocycles. The molecule has 4 nitrogen and oxygen atoms in total. The highest BCUT2D eigenvalue weighted by molar-refractivity contribution is 5.83. The number of amides is 1. The van der Waals surface area contributed by atoms with Crippen LogP contribution in [0.1, 0.15) is 58.3 Å². The van der Waals surface area contributed by atoms with Crippen LogP contribution in [0.3, 0.4) is 0 Å². The fourth-order valence-corrected chi connectivity index (χ4v) is 2.42. The molecule has 1 saturated carbocycles. The van der Waals surface area contributed by atoms with Gasteiger partial charge in [0, 0.05) is 6.42 Å². The quantitative estimate of drug-likeness (QED) is 0.750. The topological polar surface area (TPSA) is 66.4 Å². The number of carboxylic acid groups (broad SMARTS) is 1. The summed E-state index contributed by atoms with van der Waals surface area (Å²) in [6.07, 6.45) is 8.13. The minimum absolute atomic E-state index is 0.121. The molecular weight excluding hydrogens is 218 g/mol. The van der Waals surface area contributed by atoms with Crippen LogP contribution in [0.5, 0.6) is 0 Å². The number of carbonyl (C=O) groups is 2. The number of carboxylic acids is 1. The van der Waals surface area contributed by atoms with Gasteiger partial charge in [0.25, 0.3) is 0 Å². The van der Waals surface area contributed by atoms with E-state index in [0.29, 0.717) is 18.8 Å². The molecule has 0 heterocycles. The van der Waals surface area contributed by atoms with Crippen molar-refractivity contribution >= 4 is 11.9 Å². The molecule has 0 aromatic heterocycles. The maximum atomic E-state index is 11.6. The standard InChI is InChI=1S/C13H23NO3/c1-2-11(13(16)17)14-12(15)9-8-10-6-4-3-5-7-10/h10-11H,2-9H2,1H3,(H,14,15)(H,16,17)/t11-/m1/s1. The molecule has 0 bridgehead atoms. The van der Waals surface area contributed by atoms with Gasteiger partial charge in [0.15, 0.2) is 0 Å². The zero-order chi connectivity index (χ0) is 12.7. The highest BCUT2D eigenvalue weighted by Crippen LogP contribution is 2.27. The summed E-state index contributed by atoms with van der Waals surface area (Å²) in [7, 11) is 0. The molecule has 0 aromatic carbocycles. The lowest BCUT2D eigenvalue weighted by atomic mass is 9.86. The summed E-state index contributed by atoms with van der Waals surface area (Å²) in [4.78, 5) is 22.3. The molecule has 4 heteroatoms. The first-order valence-electron chi connectivity index (χ1n) is 6.65. The third kappa shape index (κ3) is 5.20. The van der Waals surface area contributed by atoms with Gasteiger partial charge in [-0.25, -0.2) is 4.79 Å². The van der Waals surface area contributed by atoms with E-state index in [0.717, 1.165) is 6.42 Å². The Balaban J connectivity index is 2.21. The van der Waals surface area contributed by atoms with Crippen molar-refractivity contribution in [3.63, 3.8) is 0 Å². The van der Waals surface area contributed by atoms with Crippen LogP contribution in [0.15, 0.2) is 0 Å². The monoisotopic (exact) mass is 241 g/mol. The van der Waals surface area contributed by atoms with E-state index in [1.54, 1.807) is 6.92 Å². The van der Waals surface area contributed by atoms with Crippen molar-refractivity contribution in [2.24, 2.45) is 5.92 Å². The molecule has 0 saturated heterocycles. The molecule has 0 aromatic rings. The van der Waals surface area contributed by atoms with Crippen molar-refractivity contribution in [3.8, 4) is 0 Å². The summed E-state index contributed by atoms with van der Waals surface area (Å²) in [6.45, 7) is 1.76. The zero-order valence-corrected chi connectivity index (χ0v) is 10.6. The van der Waals surface area contributed by atoms with E-state index in [2.05, 4.69) is 5.32 Å². The van der Waals surface area contributed by atoms with E-state index >= 15 is 0 Å². The highest BCUT2D eigenvalue weighted by Gasteiger charge is 2.19. The van der Waals surface area contributed by atoms with E-state index in [1.165, 1.54) is 32.1 Å². The zero-order valence-electron chi connectivity index (χ0n) is 10.6. The van der Waals surface area contributed by atoms with Crippen LogP contribution < -0.4 is 5.32 Å². The lowest BCUT2D eigenvalue weighted by molar-refractivity contribution is -0.141. The maximum Gasteiger partial charge on any atom is 0.326 e. The van der Waals surface area contributed by atoms with Gasteiger partial charge in [-0.05, 0) is 18.8 Å². The normalized spacial score (nSPS) is 18.6. The van der Waals surface area contributed by atoms with Crippen molar-refractivity contribution in [2.75, 3.05) is 0 Å². The van der Waals surface area contributed by atoms with Crippen molar-refractivity contribution in [1.82, 2.24) is 5.32 Å². The van der Waals surface area contributed by atoms with Gasteiger partial charge in [-0.15, -0.1) is 0 Å². The maximum absolute atomic E-state index is 11.6. The molecule has 1 fully saturated rings. The fourth-order valence-electron chi connectivity index (χ4n) is 2.42. The first-order chi connectivity index (χ1) is 8.13. The fraction of sp³-hybridized carbons (Fsp3) is 0.846. The van der Waals surface area contributed by atoms with Crippen LogP contribution in [0.4, 0.5) is 0 Å². The van der Waals surface area contributed by atoms with E-state index < -0.39 is 12.0 Å². The van der Waals surface area contributed by atoms with Crippen LogP contribution in [0.2, 0.25) is 0 Å². The van der Waals surface area contributed by atoms with Crippen LogP contribution in [-0.2, 0) is 9.59 Å². The van der Waals surface area contributed by atoms with Gasteiger partial charge >= 0.3 is 5.97 Å². The Bertz CT molecular complexity index is 259. The lowest BCUT2D eigenvalue weighted by Gasteiger charge is -2.21. The van der Waals surface area contributed by atoms with Gasteiger partial charge < -0.3 is 10.4 Å². The lowest BCUT2D eigenvalue weighted by Crippen LogP contribution is -2.40. The summed E-state index contributed by atoms with van der Waals surface area (Å²) < 4.78 is 0. The van der Waals surface area contributed by atoms with Gasteiger partial charge in [-0.3, -0.25) is 4.79 Å². The average molecular weight is 241 g/mol. The molecule has 1 atom stereocenters. The first-order valence-corrected chi connectivity index (χ1v) is 6.65. The predicted octanol–water partition coefficient (Wildman–Crippen LogP) is 2.33. The Morgan fingerprint density at radius 3 is 2.47 bits per heavy atom. The smallest absolute Gasteiger partial charge is 0.326 e. The second-order valence-corrected chi connectivity index (χ2v) is 4.91. The largest absolute Gasteiger partial charge is 0.480 e. The summed E-state index contributed by atoms with van der Waals surface area (Å²) in [5, 5.41) is 11.4. The van der Waals surface area contributed by atoms with E-state index in [4.69, 9.17) is 5.11 Å². The molecule has 98 valence electrons. The number of rotatable bonds is 6. The molecule has 1 aliphatic rings. The summed E-state index contributed by atoms with van der Waals surface area (Å²) >= 11 is 0. The van der Waals surface area contributed by atoms with Crippen LogP contribution in [-0.4, -0.2) is 23.0 Å². The first kappa shape index (κ1) is 14.0. The minimum atomic E-state index is -0.946. The molecule has 0 spiro atoms. The summed E-state index contributed by atoms with van der Waals surface area (Å²) in [5.74, 6) is -0.400. The summed E-state index contributed by atoms with van der Waals surface area (Å²) in [6, 6.07) is -0.728. The van der Waals surface area contributed by atoms with Gasteiger partial charge in [0.1, 0.15) is 6.04 Å². The molecule has 1 aliphatic carbocycles. The third-order valence-corrected chi connectivity index (χ3v) is 3.55. The number of carbonyl (C=O) groups excluding carboxylic acids is 1. The second kappa shape index (κ2) is 7.30. The highest BCUT2D eigenvalue weighted by atomic mass is 16.4. The molecule has 17 heavy (non-hydrogen) atoms. The van der Waals surface area contributed by atoms with Gasteiger partial charge in [-0.2, -0.15) is 0 Å². The molecule has 1 rings (SSSR count). The van der Waals surface area contributed by atoms with Crippen LogP contribution in [0.25, 0.3) is 0 Å². The summed E-state index contributed by atoms with van der Waals surface area (Å²) in [5.41, 5.74) is 0. The van der Waals surface area contributed by atoms with Crippen molar-refractivity contribution < 1.29 is 14.7 Å². The molecule has 1 amide bonds. The van der Waals surface area contributed by atoms with Gasteiger partial charge in [0.2, 0.25) is 5.91 Å². The Morgan fingerprint density at radius 2 is 1.94 bits per heavy atom. The molecule has 2 N–H and O–H groups in total. The predicted molar refractivity (Wildman–Crippen MR) is 65.7 cm³/mol. The average Bonchev–Trinajstić information content (AvgIpc) is 2.34. The number of hydrogen-bond donors (Lipinski definition) is 2. The molecule has 0 radical (unpaired) electrons. The van der Waals surface area contributed by atoms with Gasteiger partial charge in [0.05, 0.1) is 0 Å². The Morgan fingerprint density at radius 1 is 1.29 bits per heavy atom. The SMILES string of the molecule is CC[C@@H](NC(=O)CCC1CCCCC1)C(=O)O. The van der Waals surface area contributed by atoms with E-state index in [1.807, 2.05) is 0 Å². The number of hydrogen-bond acceptors (Lipinski definition) is 2. The van der Waals surface area contributed by atoms with Crippen LogP contribution in [0, 0.1) is 5.92 Å². The minimum Gasteiger partial charge on any atom is -0.480 e. The van der Waals surface area contributed by atoms with Gasteiger partial charge in [-0.1, -0.05) is 39.0 Å². The van der Waals surface area contributed by atoms with E-state index in [-0.39, 0.29) is 5.91 Å². The van der Waals surface area contributed by atoms with Crippen molar-refractivity contribution in [3.05, 3.63) is 0 Å². The van der Waals surface area contributed by atoms with Crippen LogP contribution >= 0.6 is 0 Å². The van der Waals surface area contributed by atoms with Crippen molar-refractivity contribution in [2.45, 2.75) is 64.3 Å². The van der Waals surface area contributed by atoms with Crippen molar-refractivity contribution in [1.29, 1.82) is 0 Å². The second-order valence-electron chi connectivity index (χ2n) is 4.91. The Labute approximate surface area is 103 Å². The molecule has 0 unspecified atom stereocenters. The number of aliphatic carboxylic acids is 1. The Hall–Kier alpha value is -1.06. The number of nitrogens with one attached hydrogen (secondary N) is 1. The Kier molecular flexibility index (Phi) is 6.01. The van der Waals surface area contributed by atoms with E-state index in [9.17, 15) is 9.59 Å².